The topological polar surface area (TPSA) is 78.0 Å². The van der Waals surface area contributed by atoms with Gasteiger partial charge in [0.1, 0.15) is 11.6 Å². The molecule has 0 fully saturated rings. The maximum atomic E-state index is 14.9. The molecule has 1 aromatic heterocycles. The standard InChI is InChI=1S/C26H23F2N3O2/c1-16(32)22(14-17-6-3-2-4-7-17)29-26(33)20-8-5-9-21(28)25(20)24-15-23(30-31-24)18-10-12-19(27)13-11-18/h2-13,15-16,22,32H,14H2,1H3,(H,29,33)(H,30,31)/t16-,22+/m0/s1. The fraction of sp³-hybridized carbons (Fsp3) is 0.154. The summed E-state index contributed by atoms with van der Waals surface area (Å²) in [5.74, 6) is -1.47. The van der Waals surface area contributed by atoms with Crippen molar-refractivity contribution in [3.05, 3.63) is 102 Å². The van der Waals surface area contributed by atoms with Gasteiger partial charge in [-0.15, -0.1) is 0 Å². The molecule has 0 aliphatic heterocycles. The molecule has 0 bridgehead atoms. The van der Waals surface area contributed by atoms with Crippen LogP contribution in [0.2, 0.25) is 0 Å². The van der Waals surface area contributed by atoms with Gasteiger partial charge in [-0.05, 0) is 61.4 Å². The highest BCUT2D eigenvalue weighted by molar-refractivity contribution is 6.01. The molecule has 33 heavy (non-hydrogen) atoms. The van der Waals surface area contributed by atoms with Gasteiger partial charge in [0, 0.05) is 11.1 Å². The third kappa shape index (κ3) is 5.15. The SMILES string of the molecule is C[C@H](O)[C@@H](Cc1ccccc1)NC(=O)c1cccc(F)c1-c1cc(-c2ccc(F)cc2)n[nH]1. The predicted octanol–water partition coefficient (Wildman–Crippen LogP) is 4.74. The molecule has 0 radical (unpaired) electrons. The fourth-order valence-electron chi connectivity index (χ4n) is 3.66. The number of halogens is 2. The Bertz CT molecular complexity index is 1240. The summed E-state index contributed by atoms with van der Waals surface area (Å²) in [6.45, 7) is 1.60. The number of carbonyl (C=O) groups excluding carboxylic acids is 1. The molecule has 5 nitrogen and oxygen atoms in total. The molecular formula is C26H23F2N3O2. The van der Waals surface area contributed by atoms with E-state index < -0.39 is 23.9 Å². The number of aliphatic hydroxyl groups is 1. The minimum absolute atomic E-state index is 0.0694. The molecule has 1 heterocycles. The molecule has 4 aromatic rings. The number of aromatic amines is 1. The zero-order valence-electron chi connectivity index (χ0n) is 17.9. The lowest BCUT2D eigenvalue weighted by Gasteiger charge is -2.22. The van der Waals surface area contributed by atoms with Crippen LogP contribution in [0.4, 0.5) is 8.78 Å². The van der Waals surface area contributed by atoms with Gasteiger partial charge in [0.25, 0.3) is 5.91 Å². The molecule has 168 valence electrons. The normalized spacial score (nSPS) is 12.8. The van der Waals surface area contributed by atoms with E-state index in [9.17, 15) is 18.7 Å². The van der Waals surface area contributed by atoms with Gasteiger partial charge in [0.2, 0.25) is 0 Å². The van der Waals surface area contributed by atoms with Crippen molar-refractivity contribution in [3.63, 3.8) is 0 Å². The van der Waals surface area contributed by atoms with Gasteiger partial charge in [-0.2, -0.15) is 5.10 Å². The number of hydrogen-bond donors (Lipinski definition) is 3. The van der Waals surface area contributed by atoms with E-state index in [2.05, 4.69) is 15.5 Å². The molecule has 0 unspecified atom stereocenters. The van der Waals surface area contributed by atoms with Crippen molar-refractivity contribution < 1.29 is 18.7 Å². The molecule has 0 saturated carbocycles. The first kappa shape index (κ1) is 22.4. The summed E-state index contributed by atoms with van der Waals surface area (Å²) >= 11 is 0. The lowest BCUT2D eigenvalue weighted by Crippen LogP contribution is -2.43. The Morgan fingerprint density at radius 2 is 1.76 bits per heavy atom. The van der Waals surface area contributed by atoms with Gasteiger partial charge >= 0.3 is 0 Å². The first-order chi connectivity index (χ1) is 15.9. The first-order valence-electron chi connectivity index (χ1n) is 10.6. The second-order valence-corrected chi connectivity index (χ2v) is 7.85. The molecule has 2 atom stereocenters. The second-order valence-electron chi connectivity index (χ2n) is 7.85. The van der Waals surface area contributed by atoms with Crippen molar-refractivity contribution in [2.24, 2.45) is 0 Å². The first-order valence-corrected chi connectivity index (χ1v) is 10.6. The second kappa shape index (κ2) is 9.75. The Hall–Kier alpha value is -3.84. The number of benzene rings is 3. The minimum Gasteiger partial charge on any atom is -0.391 e. The van der Waals surface area contributed by atoms with E-state index in [1.165, 1.54) is 30.3 Å². The smallest absolute Gasteiger partial charge is 0.252 e. The molecule has 3 N–H and O–H groups in total. The van der Waals surface area contributed by atoms with Crippen LogP contribution in [0.5, 0.6) is 0 Å². The fourth-order valence-corrected chi connectivity index (χ4v) is 3.66. The molecule has 0 aliphatic carbocycles. The number of nitrogens with zero attached hydrogens (tertiary/aromatic N) is 1. The molecule has 0 saturated heterocycles. The maximum absolute atomic E-state index is 14.9. The zero-order chi connectivity index (χ0) is 23.4. The van der Waals surface area contributed by atoms with Crippen molar-refractivity contribution in [1.82, 2.24) is 15.5 Å². The number of rotatable bonds is 7. The number of carbonyl (C=O) groups is 1. The zero-order valence-corrected chi connectivity index (χ0v) is 17.9. The lowest BCUT2D eigenvalue weighted by atomic mass is 9.99. The van der Waals surface area contributed by atoms with Crippen LogP contribution < -0.4 is 5.32 Å². The molecule has 0 spiro atoms. The Kier molecular flexibility index (Phi) is 6.60. The minimum atomic E-state index is -0.816. The van der Waals surface area contributed by atoms with E-state index in [-0.39, 0.29) is 16.9 Å². The van der Waals surface area contributed by atoms with Crippen molar-refractivity contribution in [1.29, 1.82) is 0 Å². The van der Waals surface area contributed by atoms with E-state index in [1.54, 1.807) is 25.1 Å². The predicted molar refractivity (Wildman–Crippen MR) is 122 cm³/mol. The third-order valence-electron chi connectivity index (χ3n) is 5.44. The highest BCUT2D eigenvalue weighted by atomic mass is 19.1. The molecule has 1 amide bonds. The number of hydrogen-bond acceptors (Lipinski definition) is 3. The van der Waals surface area contributed by atoms with E-state index >= 15 is 0 Å². The molecule has 0 aliphatic rings. The van der Waals surface area contributed by atoms with Gasteiger partial charge in [0.05, 0.1) is 29.1 Å². The Balaban J connectivity index is 1.62. The quantitative estimate of drug-likeness (QED) is 0.383. The summed E-state index contributed by atoms with van der Waals surface area (Å²) in [4.78, 5) is 13.1. The van der Waals surface area contributed by atoms with Crippen molar-refractivity contribution in [2.75, 3.05) is 0 Å². The van der Waals surface area contributed by atoms with Gasteiger partial charge in [-0.1, -0.05) is 36.4 Å². The highest BCUT2D eigenvalue weighted by Gasteiger charge is 2.23. The molecule has 4 rings (SSSR count). The third-order valence-corrected chi connectivity index (χ3v) is 5.44. The van der Waals surface area contributed by atoms with Crippen molar-refractivity contribution >= 4 is 5.91 Å². The molecule has 7 heteroatoms. The molecular weight excluding hydrogens is 424 g/mol. The van der Waals surface area contributed by atoms with Gasteiger partial charge in [0.15, 0.2) is 0 Å². The molecule has 3 aromatic carbocycles. The summed E-state index contributed by atoms with van der Waals surface area (Å²) in [6, 6.07) is 20.6. The number of nitrogens with one attached hydrogen (secondary N) is 2. The Morgan fingerprint density at radius 1 is 1.03 bits per heavy atom. The van der Waals surface area contributed by atoms with Gasteiger partial charge < -0.3 is 10.4 Å². The number of aromatic nitrogens is 2. The van der Waals surface area contributed by atoms with E-state index in [4.69, 9.17) is 0 Å². The summed E-state index contributed by atoms with van der Waals surface area (Å²) in [5.41, 5.74) is 2.60. The lowest BCUT2D eigenvalue weighted by molar-refractivity contribution is 0.0859. The van der Waals surface area contributed by atoms with E-state index in [0.717, 1.165) is 5.56 Å². The van der Waals surface area contributed by atoms with E-state index in [0.29, 0.717) is 23.4 Å². The van der Waals surface area contributed by atoms with E-state index in [1.807, 2.05) is 30.3 Å². The number of amides is 1. The van der Waals surface area contributed by atoms with Gasteiger partial charge in [-0.3, -0.25) is 9.89 Å². The maximum Gasteiger partial charge on any atom is 0.252 e. The summed E-state index contributed by atoms with van der Waals surface area (Å²) in [6.07, 6.45) is -0.392. The van der Waals surface area contributed by atoms with Crippen LogP contribution in [-0.4, -0.2) is 33.4 Å². The number of H-pyrrole nitrogens is 1. The Labute approximate surface area is 190 Å². The summed E-state index contributed by atoms with van der Waals surface area (Å²) in [7, 11) is 0. The average molecular weight is 447 g/mol. The van der Waals surface area contributed by atoms with Crippen LogP contribution in [0.15, 0.2) is 78.9 Å². The van der Waals surface area contributed by atoms with Crippen LogP contribution in [0.3, 0.4) is 0 Å². The van der Waals surface area contributed by atoms with Crippen LogP contribution >= 0.6 is 0 Å². The van der Waals surface area contributed by atoms with Crippen LogP contribution in [-0.2, 0) is 6.42 Å². The largest absolute Gasteiger partial charge is 0.391 e. The average Bonchev–Trinajstić information content (AvgIpc) is 3.29. The van der Waals surface area contributed by atoms with Crippen LogP contribution in [0, 0.1) is 11.6 Å². The highest BCUT2D eigenvalue weighted by Crippen LogP contribution is 2.29. The Morgan fingerprint density at radius 3 is 2.45 bits per heavy atom. The summed E-state index contributed by atoms with van der Waals surface area (Å²) in [5, 5.41) is 20.0. The summed E-state index contributed by atoms with van der Waals surface area (Å²) < 4.78 is 28.1. The van der Waals surface area contributed by atoms with Crippen molar-refractivity contribution in [3.8, 4) is 22.5 Å². The van der Waals surface area contributed by atoms with Crippen LogP contribution in [0.25, 0.3) is 22.5 Å². The van der Waals surface area contributed by atoms with Crippen molar-refractivity contribution in [2.45, 2.75) is 25.5 Å². The number of aliphatic hydroxyl groups excluding tert-OH is 1. The van der Waals surface area contributed by atoms with Gasteiger partial charge in [-0.25, -0.2) is 8.78 Å². The van der Waals surface area contributed by atoms with Crippen LogP contribution in [0.1, 0.15) is 22.8 Å². The monoisotopic (exact) mass is 447 g/mol.